The molecule has 3 rings (SSSR count). The molecule has 0 unspecified atom stereocenters. The maximum absolute atomic E-state index is 5.91. The number of aromatic amines is 1. The summed E-state index contributed by atoms with van der Waals surface area (Å²) in [5, 5.41) is 10.2. The summed E-state index contributed by atoms with van der Waals surface area (Å²) in [5.41, 5.74) is 4.20. The molecular weight excluding hydrogens is 266 g/mol. The second kappa shape index (κ2) is 6.24. The zero-order valence-corrected chi connectivity index (χ0v) is 12.5. The molecule has 1 fully saturated rings. The molecule has 1 saturated heterocycles. The summed E-state index contributed by atoms with van der Waals surface area (Å²) >= 11 is 0. The summed E-state index contributed by atoms with van der Waals surface area (Å²) in [6.45, 7) is 5.38. The molecular formula is C15H21N5O. The minimum atomic E-state index is 0.0219. The molecule has 112 valence electrons. The van der Waals surface area contributed by atoms with Crippen LogP contribution in [0, 0.1) is 6.92 Å². The van der Waals surface area contributed by atoms with Crippen LogP contribution in [0.4, 0.5) is 5.69 Å². The third-order valence-corrected chi connectivity index (χ3v) is 3.69. The van der Waals surface area contributed by atoms with Gasteiger partial charge < -0.3 is 10.1 Å². The summed E-state index contributed by atoms with van der Waals surface area (Å²) in [6, 6.07) is 6.11. The molecule has 3 heterocycles. The van der Waals surface area contributed by atoms with Crippen LogP contribution >= 0.6 is 0 Å². The number of ether oxygens (including phenoxy) is 1. The van der Waals surface area contributed by atoms with Crippen molar-refractivity contribution < 1.29 is 4.74 Å². The highest BCUT2D eigenvalue weighted by molar-refractivity contribution is 5.45. The van der Waals surface area contributed by atoms with E-state index in [1.807, 2.05) is 26.1 Å². The Morgan fingerprint density at radius 2 is 2.38 bits per heavy atom. The van der Waals surface area contributed by atoms with E-state index in [1.165, 1.54) is 0 Å². The van der Waals surface area contributed by atoms with Gasteiger partial charge in [0.25, 0.3) is 0 Å². The predicted molar refractivity (Wildman–Crippen MR) is 81.1 cm³/mol. The number of hydrogen-bond acceptors (Lipinski definition) is 5. The van der Waals surface area contributed by atoms with E-state index >= 15 is 0 Å². The zero-order valence-electron chi connectivity index (χ0n) is 12.5. The smallest absolute Gasteiger partial charge is 0.112 e. The fraction of sp³-hybridized carbons (Fsp3) is 0.467. The molecule has 1 aliphatic rings. The lowest BCUT2D eigenvalue weighted by Gasteiger charge is -2.32. The van der Waals surface area contributed by atoms with Crippen LogP contribution in [-0.4, -0.2) is 46.8 Å². The van der Waals surface area contributed by atoms with Crippen LogP contribution in [0.2, 0.25) is 0 Å². The molecule has 2 N–H and O–H groups in total. The number of anilines is 1. The average Bonchev–Trinajstić information content (AvgIpc) is 3.00. The standard InChI is InChI=1S/C15H21N5O/c1-11-7-13(16-2)8-14(18-11)15-10-20(5-6-21-15)9-12-3-4-17-19-12/h3-4,7-8,15H,5-6,9-10H2,1-2H3,(H,16,18)(H,17,19)/t15-/m1/s1. The number of nitrogens with one attached hydrogen (secondary N) is 2. The van der Waals surface area contributed by atoms with Gasteiger partial charge in [0, 0.05) is 50.0 Å². The summed E-state index contributed by atoms with van der Waals surface area (Å²) in [6.07, 6.45) is 1.81. The van der Waals surface area contributed by atoms with Gasteiger partial charge in [0.1, 0.15) is 6.10 Å². The fourth-order valence-corrected chi connectivity index (χ4v) is 2.64. The largest absolute Gasteiger partial charge is 0.388 e. The van der Waals surface area contributed by atoms with Gasteiger partial charge in [-0.1, -0.05) is 0 Å². The van der Waals surface area contributed by atoms with E-state index in [-0.39, 0.29) is 6.10 Å². The number of morpholine rings is 1. The molecule has 1 aliphatic heterocycles. The number of aryl methyl sites for hydroxylation is 1. The number of hydrogen-bond donors (Lipinski definition) is 2. The number of nitrogens with zero attached hydrogens (tertiary/aromatic N) is 3. The van der Waals surface area contributed by atoms with Crippen LogP contribution < -0.4 is 5.32 Å². The summed E-state index contributed by atoms with van der Waals surface area (Å²) in [4.78, 5) is 6.99. The minimum absolute atomic E-state index is 0.0219. The molecule has 0 saturated carbocycles. The molecule has 2 aromatic rings. The molecule has 0 amide bonds. The van der Waals surface area contributed by atoms with Crippen molar-refractivity contribution >= 4 is 5.69 Å². The summed E-state index contributed by atoms with van der Waals surface area (Å²) < 4.78 is 5.91. The highest BCUT2D eigenvalue weighted by Crippen LogP contribution is 2.24. The van der Waals surface area contributed by atoms with Gasteiger partial charge in [-0.2, -0.15) is 5.10 Å². The molecule has 1 atom stereocenters. The van der Waals surface area contributed by atoms with E-state index in [0.29, 0.717) is 0 Å². The maximum atomic E-state index is 5.91. The van der Waals surface area contributed by atoms with Crippen LogP contribution in [0.25, 0.3) is 0 Å². The van der Waals surface area contributed by atoms with Crippen molar-refractivity contribution in [2.45, 2.75) is 19.6 Å². The van der Waals surface area contributed by atoms with E-state index in [2.05, 4.69) is 31.5 Å². The van der Waals surface area contributed by atoms with Crippen LogP contribution in [0.5, 0.6) is 0 Å². The lowest BCUT2D eigenvalue weighted by Crippen LogP contribution is -2.38. The van der Waals surface area contributed by atoms with Gasteiger partial charge in [-0.05, 0) is 25.1 Å². The third kappa shape index (κ3) is 3.40. The molecule has 21 heavy (non-hydrogen) atoms. The van der Waals surface area contributed by atoms with Crippen molar-refractivity contribution in [1.29, 1.82) is 0 Å². The molecule has 0 radical (unpaired) electrons. The fourth-order valence-electron chi connectivity index (χ4n) is 2.64. The number of rotatable bonds is 4. The molecule has 6 heteroatoms. The van der Waals surface area contributed by atoms with Crippen molar-refractivity contribution in [2.75, 3.05) is 32.1 Å². The lowest BCUT2D eigenvalue weighted by molar-refractivity contribution is -0.0353. The van der Waals surface area contributed by atoms with Gasteiger partial charge >= 0.3 is 0 Å². The molecule has 6 nitrogen and oxygen atoms in total. The predicted octanol–water partition coefficient (Wildman–Crippen LogP) is 1.73. The Bertz CT molecular complexity index is 584. The Balaban J connectivity index is 1.72. The minimum Gasteiger partial charge on any atom is -0.388 e. The second-order valence-electron chi connectivity index (χ2n) is 5.35. The van der Waals surface area contributed by atoms with E-state index < -0.39 is 0 Å². The van der Waals surface area contributed by atoms with Crippen LogP contribution in [0.15, 0.2) is 24.4 Å². The van der Waals surface area contributed by atoms with Crippen molar-refractivity contribution in [3.8, 4) is 0 Å². The van der Waals surface area contributed by atoms with Crippen molar-refractivity contribution in [3.05, 3.63) is 41.5 Å². The molecule has 2 aromatic heterocycles. The Morgan fingerprint density at radius 3 is 3.14 bits per heavy atom. The van der Waals surface area contributed by atoms with Gasteiger partial charge in [-0.25, -0.2) is 0 Å². The van der Waals surface area contributed by atoms with Crippen molar-refractivity contribution in [3.63, 3.8) is 0 Å². The van der Waals surface area contributed by atoms with Gasteiger partial charge in [0.2, 0.25) is 0 Å². The van der Waals surface area contributed by atoms with E-state index in [1.54, 1.807) is 6.20 Å². The highest BCUT2D eigenvalue weighted by Gasteiger charge is 2.23. The number of pyridine rings is 1. The van der Waals surface area contributed by atoms with Gasteiger partial charge in [-0.3, -0.25) is 15.0 Å². The van der Waals surface area contributed by atoms with Gasteiger partial charge in [-0.15, -0.1) is 0 Å². The zero-order chi connectivity index (χ0) is 14.7. The average molecular weight is 287 g/mol. The summed E-state index contributed by atoms with van der Waals surface area (Å²) in [7, 11) is 1.92. The Hall–Kier alpha value is -1.92. The first-order valence-corrected chi connectivity index (χ1v) is 7.23. The monoisotopic (exact) mass is 287 g/mol. The Labute approximate surface area is 124 Å². The molecule has 0 spiro atoms. The topological polar surface area (TPSA) is 66.1 Å². The van der Waals surface area contributed by atoms with E-state index in [4.69, 9.17) is 4.74 Å². The lowest BCUT2D eigenvalue weighted by atomic mass is 10.1. The van der Waals surface area contributed by atoms with Gasteiger partial charge in [0.05, 0.1) is 12.3 Å². The SMILES string of the molecule is CNc1cc(C)nc([C@H]2CN(Cc3ccn[nH]3)CCO2)c1. The molecule has 0 aliphatic carbocycles. The van der Waals surface area contributed by atoms with E-state index in [9.17, 15) is 0 Å². The van der Waals surface area contributed by atoms with Crippen LogP contribution in [-0.2, 0) is 11.3 Å². The summed E-state index contributed by atoms with van der Waals surface area (Å²) in [5.74, 6) is 0. The second-order valence-corrected chi connectivity index (χ2v) is 5.35. The van der Waals surface area contributed by atoms with E-state index in [0.717, 1.165) is 49.0 Å². The van der Waals surface area contributed by atoms with Crippen LogP contribution in [0.3, 0.4) is 0 Å². The van der Waals surface area contributed by atoms with Crippen LogP contribution in [0.1, 0.15) is 23.2 Å². The normalized spacial score (nSPS) is 19.6. The highest BCUT2D eigenvalue weighted by atomic mass is 16.5. The molecule has 0 aromatic carbocycles. The first-order chi connectivity index (χ1) is 10.2. The number of aromatic nitrogens is 3. The van der Waals surface area contributed by atoms with Gasteiger partial charge in [0.15, 0.2) is 0 Å². The van der Waals surface area contributed by atoms with Crippen molar-refractivity contribution in [2.24, 2.45) is 0 Å². The molecule has 0 bridgehead atoms. The quantitative estimate of drug-likeness (QED) is 0.896. The first kappa shape index (κ1) is 14.0. The first-order valence-electron chi connectivity index (χ1n) is 7.23. The maximum Gasteiger partial charge on any atom is 0.112 e. The van der Waals surface area contributed by atoms with Crippen molar-refractivity contribution in [1.82, 2.24) is 20.1 Å². The Morgan fingerprint density at radius 1 is 1.48 bits per heavy atom. The number of H-pyrrole nitrogens is 1. The Kier molecular flexibility index (Phi) is 4.17. The third-order valence-electron chi connectivity index (χ3n) is 3.69.